The van der Waals surface area contributed by atoms with Gasteiger partial charge >= 0.3 is 5.97 Å². The van der Waals surface area contributed by atoms with Crippen LogP contribution in [0.2, 0.25) is 0 Å². The number of esters is 1. The number of nitrogens with one attached hydrogen (secondary N) is 1. The monoisotopic (exact) mass is 423 g/mol. The van der Waals surface area contributed by atoms with Gasteiger partial charge < -0.3 is 4.74 Å². The van der Waals surface area contributed by atoms with E-state index in [9.17, 15) is 9.59 Å². The largest absolute Gasteiger partial charge is 0.423 e. The molecular formula is C20H14BrN3O3. The van der Waals surface area contributed by atoms with E-state index in [1.807, 2.05) is 6.07 Å². The summed E-state index contributed by atoms with van der Waals surface area (Å²) in [6.07, 6.45) is 2.99. The van der Waals surface area contributed by atoms with Gasteiger partial charge in [0.2, 0.25) is 0 Å². The summed E-state index contributed by atoms with van der Waals surface area (Å²) < 4.78 is 6.17. The highest BCUT2D eigenvalue weighted by molar-refractivity contribution is 9.10. The van der Waals surface area contributed by atoms with E-state index in [-0.39, 0.29) is 5.69 Å². The van der Waals surface area contributed by atoms with Crippen LogP contribution in [0.1, 0.15) is 26.4 Å². The quantitative estimate of drug-likeness (QED) is 0.292. The molecule has 7 heteroatoms. The van der Waals surface area contributed by atoms with Crippen molar-refractivity contribution in [2.45, 2.75) is 0 Å². The summed E-state index contributed by atoms with van der Waals surface area (Å²) in [5, 5.41) is 3.90. The van der Waals surface area contributed by atoms with E-state index in [1.165, 1.54) is 12.4 Å². The van der Waals surface area contributed by atoms with E-state index in [4.69, 9.17) is 4.74 Å². The molecule has 0 saturated heterocycles. The summed E-state index contributed by atoms with van der Waals surface area (Å²) >= 11 is 3.32. The molecule has 0 saturated carbocycles. The van der Waals surface area contributed by atoms with Crippen LogP contribution < -0.4 is 10.2 Å². The van der Waals surface area contributed by atoms with Gasteiger partial charge in [-0.1, -0.05) is 40.2 Å². The second-order valence-electron chi connectivity index (χ2n) is 5.39. The molecule has 27 heavy (non-hydrogen) atoms. The van der Waals surface area contributed by atoms with Gasteiger partial charge in [0, 0.05) is 10.7 Å². The fourth-order valence-corrected chi connectivity index (χ4v) is 2.56. The summed E-state index contributed by atoms with van der Waals surface area (Å²) in [6.45, 7) is 0. The van der Waals surface area contributed by atoms with Gasteiger partial charge in [-0.05, 0) is 48.0 Å². The fourth-order valence-electron chi connectivity index (χ4n) is 2.16. The number of pyridine rings is 1. The van der Waals surface area contributed by atoms with Gasteiger partial charge in [0.15, 0.2) is 0 Å². The average molecular weight is 424 g/mol. The van der Waals surface area contributed by atoms with Crippen LogP contribution in [0.3, 0.4) is 0 Å². The molecule has 1 amide bonds. The van der Waals surface area contributed by atoms with Crippen molar-refractivity contribution in [1.29, 1.82) is 0 Å². The first kappa shape index (κ1) is 18.5. The van der Waals surface area contributed by atoms with E-state index >= 15 is 0 Å². The second-order valence-corrected chi connectivity index (χ2v) is 6.30. The van der Waals surface area contributed by atoms with Crippen LogP contribution in [0.25, 0.3) is 0 Å². The molecule has 0 aliphatic heterocycles. The zero-order chi connectivity index (χ0) is 19.1. The summed E-state index contributed by atoms with van der Waals surface area (Å²) in [6, 6.07) is 18.8. The van der Waals surface area contributed by atoms with Gasteiger partial charge in [0.25, 0.3) is 5.91 Å². The zero-order valence-corrected chi connectivity index (χ0v) is 15.6. The summed E-state index contributed by atoms with van der Waals surface area (Å²) in [4.78, 5) is 28.0. The predicted molar refractivity (Wildman–Crippen MR) is 105 cm³/mol. The Balaban J connectivity index is 1.63. The minimum absolute atomic E-state index is 0.270. The van der Waals surface area contributed by atoms with Crippen LogP contribution in [-0.2, 0) is 0 Å². The Morgan fingerprint density at radius 2 is 1.89 bits per heavy atom. The molecular weight excluding hydrogens is 410 g/mol. The topological polar surface area (TPSA) is 80.6 Å². The third kappa shape index (κ3) is 5.32. The first-order valence-electron chi connectivity index (χ1n) is 7.94. The van der Waals surface area contributed by atoms with Gasteiger partial charge in [-0.3, -0.25) is 9.78 Å². The highest BCUT2D eigenvalue weighted by atomic mass is 79.9. The third-order valence-electron chi connectivity index (χ3n) is 3.41. The van der Waals surface area contributed by atoms with Crippen molar-refractivity contribution in [3.63, 3.8) is 0 Å². The van der Waals surface area contributed by atoms with Crippen molar-refractivity contribution in [2.75, 3.05) is 0 Å². The SMILES string of the molecule is O=C(Oc1cccc(/C=N/NC(=O)c2ccccn2)c1)c1cccc(Br)c1. The Labute approximate surface area is 164 Å². The average Bonchev–Trinajstić information content (AvgIpc) is 2.69. The van der Waals surface area contributed by atoms with Crippen molar-refractivity contribution < 1.29 is 14.3 Å². The number of benzene rings is 2. The van der Waals surface area contributed by atoms with Crippen molar-refractivity contribution >= 4 is 34.0 Å². The first-order valence-corrected chi connectivity index (χ1v) is 8.73. The Bertz CT molecular complexity index is 991. The zero-order valence-electron chi connectivity index (χ0n) is 14.0. The van der Waals surface area contributed by atoms with Crippen LogP contribution in [-0.4, -0.2) is 23.1 Å². The van der Waals surface area contributed by atoms with Crippen LogP contribution in [0.5, 0.6) is 5.75 Å². The van der Waals surface area contributed by atoms with E-state index in [0.717, 1.165) is 4.47 Å². The minimum Gasteiger partial charge on any atom is -0.423 e. The lowest BCUT2D eigenvalue weighted by Crippen LogP contribution is -2.18. The van der Waals surface area contributed by atoms with Crippen molar-refractivity contribution in [3.05, 3.63) is 94.2 Å². The molecule has 1 heterocycles. The Kier molecular flexibility index (Phi) is 6.06. The number of hydrogen-bond donors (Lipinski definition) is 1. The normalized spacial score (nSPS) is 10.6. The van der Waals surface area contributed by atoms with Gasteiger partial charge in [-0.2, -0.15) is 5.10 Å². The minimum atomic E-state index is -0.464. The van der Waals surface area contributed by atoms with E-state index in [1.54, 1.807) is 60.7 Å². The van der Waals surface area contributed by atoms with Crippen molar-refractivity contribution in [1.82, 2.24) is 10.4 Å². The first-order chi connectivity index (χ1) is 13.1. The van der Waals surface area contributed by atoms with Crippen LogP contribution in [0.15, 0.2) is 82.5 Å². The maximum atomic E-state index is 12.2. The van der Waals surface area contributed by atoms with Gasteiger partial charge in [0.1, 0.15) is 11.4 Å². The molecule has 3 rings (SSSR count). The molecule has 1 aromatic heterocycles. The maximum Gasteiger partial charge on any atom is 0.343 e. The van der Waals surface area contributed by atoms with Crippen molar-refractivity contribution in [3.8, 4) is 5.75 Å². The van der Waals surface area contributed by atoms with E-state index in [2.05, 4.69) is 31.4 Å². The number of nitrogens with zero attached hydrogens (tertiary/aromatic N) is 2. The summed E-state index contributed by atoms with van der Waals surface area (Å²) in [7, 11) is 0. The summed E-state index contributed by atoms with van der Waals surface area (Å²) in [5.41, 5.74) is 3.76. The maximum absolute atomic E-state index is 12.2. The highest BCUT2D eigenvalue weighted by Gasteiger charge is 2.09. The lowest BCUT2D eigenvalue weighted by atomic mass is 10.2. The predicted octanol–water partition coefficient (Wildman–Crippen LogP) is 3.83. The number of ether oxygens (including phenoxy) is 1. The third-order valence-corrected chi connectivity index (χ3v) is 3.90. The number of carbonyl (C=O) groups is 2. The molecule has 0 aliphatic carbocycles. The molecule has 0 aliphatic rings. The molecule has 0 radical (unpaired) electrons. The molecule has 0 unspecified atom stereocenters. The standard InChI is InChI=1S/C20H14BrN3O3/c21-16-7-4-6-15(12-16)20(26)27-17-8-3-5-14(11-17)13-23-24-19(25)18-9-1-2-10-22-18/h1-13H,(H,24,25)/b23-13+. The lowest BCUT2D eigenvalue weighted by Gasteiger charge is -2.05. The Morgan fingerprint density at radius 1 is 1.04 bits per heavy atom. The molecule has 3 aromatic rings. The molecule has 6 nitrogen and oxygen atoms in total. The molecule has 0 bridgehead atoms. The van der Waals surface area contributed by atoms with E-state index in [0.29, 0.717) is 16.9 Å². The molecule has 1 N–H and O–H groups in total. The molecule has 0 atom stereocenters. The smallest absolute Gasteiger partial charge is 0.343 e. The van der Waals surface area contributed by atoms with Crippen LogP contribution in [0, 0.1) is 0 Å². The molecule has 2 aromatic carbocycles. The van der Waals surface area contributed by atoms with Crippen molar-refractivity contribution in [2.24, 2.45) is 5.10 Å². The van der Waals surface area contributed by atoms with Gasteiger partial charge in [0.05, 0.1) is 11.8 Å². The highest BCUT2D eigenvalue weighted by Crippen LogP contribution is 2.16. The van der Waals surface area contributed by atoms with Gasteiger partial charge in [-0.15, -0.1) is 0 Å². The molecule has 134 valence electrons. The number of rotatable bonds is 5. The lowest BCUT2D eigenvalue weighted by molar-refractivity contribution is 0.0734. The number of hydrazone groups is 1. The summed E-state index contributed by atoms with van der Waals surface area (Å²) in [5.74, 6) is -0.502. The molecule has 0 spiro atoms. The number of hydrogen-bond acceptors (Lipinski definition) is 5. The molecule has 0 fully saturated rings. The van der Waals surface area contributed by atoms with Crippen LogP contribution >= 0.6 is 15.9 Å². The Morgan fingerprint density at radius 3 is 2.67 bits per heavy atom. The second kappa shape index (κ2) is 8.86. The number of carbonyl (C=O) groups excluding carboxylic acids is 2. The number of halogens is 1. The number of amides is 1. The Hall–Kier alpha value is -3.32. The van der Waals surface area contributed by atoms with Gasteiger partial charge in [-0.25, -0.2) is 10.2 Å². The van der Waals surface area contributed by atoms with Crippen LogP contribution in [0.4, 0.5) is 0 Å². The van der Waals surface area contributed by atoms with E-state index < -0.39 is 11.9 Å². The number of aromatic nitrogens is 1. The fraction of sp³-hybridized carbons (Fsp3) is 0.